The van der Waals surface area contributed by atoms with Crippen molar-refractivity contribution in [3.05, 3.63) is 53.6 Å². The molecule has 0 amide bonds. The number of likely N-dealkylation sites (N-methyl/N-ethyl adjacent to an activating group) is 1. The maximum absolute atomic E-state index is 12.4. The van der Waals surface area contributed by atoms with Crippen LogP contribution in [0.4, 0.5) is 0 Å². The second kappa shape index (κ2) is 10.2. The largest absolute Gasteiger partial charge is 0.490 e. The van der Waals surface area contributed by atoms with Crippen molar-refractivity contribution in [2.24, 2.45) is 0 Å². The first kappa shape index (κ1) is 22.9. The van der Waals surface area contributed by atoms with Gasteiger partial charge in [0.15, 0.2) is 0 Å². The molecule has 0 radical (unpaired) electrons. The molecule has 2 aliphatic rings. The molecule has 3 aromatic rings. The predicted molar refractivity (Wildman–Crippen MR) is 134 cm³/mol. The average molecular weight is 463 g/mol. The van der Waals surface area contributed by atoms with Crippen LogP contribution in [0, 0.1) is 0 Å². The summed E-state index contributed by atoms with van der Waals surface area (Å²) in [4.78, 5) is 12.4. The van der Waals surface area contributed by atoms with Gasteiger partial charge in [0.1, 0.15) is 18.5 Å². The molecule has 1 atom stereocenters. The summed E-state index contributed by atoms with van der Waals surface area (Å²) in [6, 6.07) is 14.3. The molecule has 180 valence electrons. The molecular weight excluding hydrogens is 428 g/mol. The van der Waals surface area contributed by atoms with Gasteiger partial charge in [-0.2, -0.15) is 0 Å². The fraction of sp³-hybridized carbons (Fsp3) is 0.464. The third kappa shape index (κ3) is 4.32. The summed E-state index contributed by atoms with van der Waals surface area (Å²) < 4.78 is 20.0. The summed E-state index contributed by atoms with van der Waals surface area (Å²) in [7, 11) is 3.36. The number of carbonyl (C=O) groups excluding carboxylic acids is 1. The summed E-state index contributed by atoms with van der Waals surface area (Å²) in [5, 5.41) is 4.37. The Hall–Kier alpha value is -2.83. The van der Waals surface area contributed by atoms with Gasteiger partial charge in [0, 0.05) is 23.0 Å². The molecule has 1 aliphatic heterocycles. The zero-order chi connectivity index (χ0) is 23.5. The van der Waals surface area contributed by atoms with Crippen molar-refractivity contribution in [3.8, 4) is 17.0 Å². The first-order valence-corrected chi connectivity index (χ1v) is 12.4. The third-order valence-corrected chi connectivity index (χ3v) is 7.20. The van der Waals surface area contributed by atoms with Gasteiger partial charge in [0.2, 0.25) is 0 Å². The molecule has 1 aromatic heterocycles. The van der Waals surface area contributed by atoms with E-state index in [1.807, 2.05) is 25.2 Å². The SMILES string of the molecule is CNCCO[C@@H]1COc2ccccc2-c2c(C3CCCCC3)c3ccc(C(=O)OC)cc3n2C1. The van der Waals surface area contributed by atoms with Gasteiger partial charge in [-0.15, -0.1) is 0 Å². The lowest BCUT2D eigenvalue weighted by Gasteiger charge is -2.28. The van der Waals surface area contributed by atoms with E-state index in [1.54, 1.807) is 0 Å². The number of hydrogen-bond donors (Lipinski definition) is 1. The van der Waals surface area contributed by atoms with Gasteiger partial charge in [0.05, 0.1) is 31.5 Å². The molecule has 6 nitrogen and oxygen atoms in total. The number of hydrogen-bond acceptors (Lipinski definition) is 5. The van der Waals surface area contributed by atoms with Gasteiger partial charge in [0.25, 0.3) is 0 Å². The van der Waals surface area contributed by atoms with E-state index in [2.05, 4.69) is 34.1 Å². The van der Waals surface area contributed by atoms with Crippen molar-refractivity contribution >= 4 is 16.9 Å². The van der Waals surface area contributed by atoms with Crippen molar-refractivity contribution in [2.75, 3.05) is 33.9 Å². The van der Waals surface area contributed by atoms with Crippen molar-refractivity contribution < 1.29 is 19.0 Å². The molecule has 34 heavy (non-hydrogen) atoms. The number of nitrogens with zero attached hydrogens (tertiary/aromatic N) is 1. The van der Waals surface area contributed by atoms with Crippen LogP contribution in [0.15, 0.2) is 42.5 Å². The van der Waals surface area contributed by atoms with Crippen molar-refractivity contribution in [1.29, 1.82) is 0 Å². The summed E-state index contributed by atoms with van der Waals surface area (Å²) >= 11 is 0. The fourth-order valence-electron chi connectivity index (χ4n) is 5.56. The molecule has 0 spiro atoms. The second-order valence-corrected chi connectivity index (χ2v) is 9.33. The minimum atomic E-state index is -0.312. The molecule has 0 unspecified atom stereocenters. The lowest BCUT2D eigenvalue weighted by Crippen LogP contribution is -2.31. The highest BCUT2D eigenvalue weighted by Crippen LogP contribution is 2.47. The molecule has 1 N–H and O–H groups in total. The first-order valence-electron chi connectivity index (χ1n) is 12.4. The van der Waals surface area contributed by atoms with Crippen LogP contribution in [-0.2, 0) is 16.0 Å². The van der Waals surface area contributed by atoms with Crippen LogP contribution in [0.2, 0.25) is 0 Å². The molecule has 6 heteroatoms. The van der Waals surface area contributed by atoms with Crippen LogP contribution < -0.4 is 10.1 Å². The molecule has 5 rings (SSSR count). The van der Waals surface area contributed by atoms with E-state index in [9.17, 15) is 4.79 Å². The Morgan fingerprint density at radius 1 is 1.15 bits per heavy atom. The quantitative estimate of drug-likeness (QED) is 0.406. The zero-order valence-corrected chi connectivity index (χ0v) is 20.1. The summed E-state index contributed by atoms with van der Waals surface area (Å²) in [5.41, 5.74) is 5.36. The maximum Gasteiger partial charge on any atom is 0.337 e. The molecule has 2 aromatic carbocycles. The number of esters is 1. The minimum Gasteiger partial charge on any atom is -0.490 e. The Labute approximate surface area is 201 Å². The van der Waals surface area contributed by atoms with E-state index in [4.69, 9.17) is 14.2 Å². The smallest absolute Gasteiger partial charge is 0.337 e. The van der Waals surface area contributed by atoms with Crippen molar-refractivity contribution in [2.45, 2.75) is 50.7 Å². The Bertz CT molecular complexity index is 1160. The Morgan fingerprint density at radius 3 is 2.76 bits per heavy atom. The molecule has 2 heterocycles. The number of benzene rings is 2. The highest BCUT2D eigenvalue weighted by Gasteiger charge is 2.30. The molecule has 1 fully saturated rings. The topological polar surface area (TPSA) is 61.7 Å². The normalized spacial score (nSPS) is 18.5. The summed E-state index contributed by atoms with van der Waals surface area (Å²) in [6.07, 6.45) is 6.09. The highest BCUT2D eigenvalue weighted by molar-refractivity contribution is 5.99. The average Bonchev–Trinajstić information content (AvgIpc) is 3.18. The first-order chi connectivity index (χ1) is 16.7. The molecule has 1 saturated carbocycles. The number of aromatic nitrogens is 1. The van der Waals surface area contributed by atoms with Crippen LogP contribution in [0.3, 0.4) is 0 Å². The van der Waals surface area contributed by atoms with E-state index in [0.717, 1.165) is 23.4 Å². The zero-order valence-electron chi connectivity index (χ0n) is 20.1. The number of rotatable bonds is 6. The van der Waals surface area contributed by atoms with E-state index in [-0.39, 0.29) is 12.1 Å². The predicted octanol–water partition coefficient (Wildman–Crippen LogP) is 5.14. The summed E-state index contributed by atoms with van der Waals surface area (Å²) in [6.45, 7) is 2.55. The van der Waals surface area contributed by atoms with E-state index < -0.39 is 0 Å². The Balaban J connectivity index is 1.73. The van der Waals surface area contributed by atoms with Crippen LogP contribution >= 0.6 is 0 Å². The number of nitrogens with one attached hydrogen (secondary N) is 1. The Morgan fingerprint density at radius 2 is 1.97 bits per heavy atom. The fourth-order valence-corrected chi connectivity index (χ4v) is 5.56. The van der Waals surface area contributed by atoms with Crippen molar-refractivity contribution in [1.82, 2.24) is 9.88 Å². The number of carbonyl (C=O) groups is 1. The molecule has 1 aliphatic carbocycles. The van der Waals surface area contributed by atoms with E-state index in [0.29, 0.717) is 31.2 Å². The van der Waals surface area contributed by atoms with Crippen LogP contribution in [0.1, 0.15) is 53.9 Å². The van der Waals surface area contributed by atoms with Crippen LogP contribution in [-0.4, -0.2) is 50.6 Å². The molecule has 0 saturated heterocycles. The van der Waals surface area contributed by atoms with Gasteiger partial charge >= 0.3 is 5.97 Å². The van der Waals surface area contributed by atoms with E-state index in [1.165, 1.54) is 55.9 Å². The van der Waals surface area contributed by atoms with Gasteiger partial charge in [-0.3, -0.25) is 0 Å². The van der Waals surface area contributed by atoms with Crippen LogP contribution in [0.25, 0.3) is 22.2 Å². The standard InChI is InChI=1S/C28H34N2O4/c1-29-14-15-33-21-17-30-24-16-20(28(31)32-2)12-13-22(24)26(19-8-4-3-5-9-19)27(30)23-10-6-7-11-25(23)34-18-21/h6-7,10-13,16,19,21,29H,3-5,8-9,14-15,17-18H2,1-2H3/t21-/m0/s1. The highest BCUT2D eigenvalue weighted by atomic mass is 16.5. The number of methoxy groups -OCH3 is 1. The van der Waals surface area contributed by atoms with Gasteiger partial charge in [-0.25, -0.2) is 4.79 Å². The third-order valence-electron chi connectivity index (χ3n) is 7.20. The van der Waals surface area contributed by atoms with Crippen molar-refractivity contribution in [3.63, 3.8) is 0 Å². The van der Waals surface area contributed by atoms with Gasteiger partial charge in [-0.1, -0.05) is 37.5 Å². The van der Waals surface area contributed by atoms with Crippen LogP contribution in [0.5, 0.6) is 5.75 Å². The Kier molecular flexibility index (Phi) is 6.88. The minimum absolute atomic E-state index is 0.1000. The second-order valence-electron chi connectivity index (χ2n) is 9.33. The number of para-hydroxylation sites is 1. The molecule has 0 bridgehead atoms. The number of fused-ring (bicyclic) bond motifs is 5. The molecular formula is C28H34N2O4. The van der Waals surface area contributed by atoms with Gasteiger partial charge in [-0.05, 0) is 55.6 Å². The van der Waals surface area contributed by atoms with Gasteiger partial charge < -0.3 is 24.1 Å². The number of ether oxygens (including phenoxy) is 3. The lowest BCUT2D eigenvalue weighted by molar-refractivity contribution is 0.0120. The maximum atomic E-state index is 12.4. The lowest BCUT2D eigenvalue weighted by atomic mass is 9.81. The van der Waals surface area contributed by atoms with E-state index >= 15 is 0 Å². The monoisotopic (exact) mass is 462 g/mol. The summed E-state index contributed by atoms with van der Waals surface area (Å²) in [5.74, 6) is 1.07.